The normalized spacial score (nSPS) is 10.4. The molecule has 5 nitrogen and oxygen atoms in total. The van der Waals surface area contributed by atoms with Crippen molar-refractivity contribution in [2.45, 2.75) is 27.7 Å². The minimum Gasteiger partial charge on any atom is -0.483 e. The average Bonchev–Trinajstić information content (AvgIpc) is 2.57. The van der Waals surface area contributed by atoms with Crippen LogP contribution >= 0.6 is 11.6 Å². The van der Waals surface area contributed by atoms with Crippen LogP contribution in [0, 0.1) is 27.7 Å². The number of anilines is 1. The van der Waals surface area contributed by atoms with Gasteiger partial charge in [0.25, 0.3) is 5.91 Å². The van der Waals surface area contributed by atoms with Gasteiger partial charge >= 0.3 is 0 Å². The summed E-state index contributed by atoms with van der Waals surface area (Å²) in [6.07, 6.45) is 0. The molecule has 27 heavy (non-hydrogen) atoms. The van der Waals surface area contributed by atoms with Gasteiger partial charge in [-0.3, -0.25) is 9.59 Å². The first-order valence-electron chi connectivity index (χ1n) is 8.68. The van der Waals surface area contributed by atoms with Crippen LogP contribution in [0.15, 0.2) is 30.3 Å². The molecule has 0 heterocycles. The topological polar surface area (TPSA) is 58.6 Å². The van der Waals surface area contributed by atoms with E-state index in [1.54, 1.807) is 19.2 Å². The lowest BCUT2D eigenvalue weighted by Crippen LogP contribution is -2.37. The molecule has 0 aliphatic rings. The van der Waals surface area contributed by atoms with Gasteiger partial charge < -0.3 is 15.0 Å². The Hall–Kier alpha value is -2.53. The number of nitrogens with zero attached hydrogens (tertiary/aromatic N) is 1. The highest BCUT2D eigenvalue weighted by molar-refractivity contribution is 6.30. The minimum absolute atomic E-state index is 0.0475. The number of halogens is 1. The second kappa shape index (κ2) is 8.91. The van der Waals surface area contributed by atoms with Crippen LogP contribution in [0.3, 0.4) is 0 Å². The molecule has 6 heteroatoms. The number of hydrogen-bond donors (Lipinski definition) is 1. The summed E-state index contributed by atoms with van der Waals surface area (Å²) in [5.74, 6) is 0.110. The Morgan fingerprint density at radius 2 is 1.70 bits per heavy atom. The summed E-state index contributed by atoms with van der Waals surface area (Å²) < 4.78 is 5.66. The number of benzene rings is 2. The van der Waals surface area contributed by atoms with Gasteiger partial charge in [0.1, 0.15) is 5.75 Å². The van der Waals surface area contributed by atoms with Gasteiger partial charge in [-0.2, -0.15) is 0 Å². The number of aryl methyl sites for hydroxylation is 3. The van der Waals surface area contributed by atoms with Crippen LogP contribution in [-0.4, -0.2) is 36.9 Å². The van der Waals surface area contributed by atoms with Crippen molar-refractivity contribution in [2.75, 3.05) is 25.5 Å². The van der Waals surface area contributed by atoms with Crippen molar-refractivity contribution in [3.8, 4) is 5.75 Å². The quantitative estimate of drug-likeness (QED) is 0.812. The first kappa shape index (κ1) is 20.8. The van der Waals surface area contributed by atoms with Crippen molar-refractivity contribution in [2.24, 2.45) is 0 Å². The maximum Gasteiger partial charge on any atom is 0.260 e. The Morgan fingerprint density at radius 3 is 2.33 bits per heavy atom. The summed E-state index contributed by atoms with van der Waals surface area (Å²) in [6.45, 7) is 7.49. The molecule has 2 aromatic carbocycles. The molecule has 1 N–H and O–H groups in total. The first-order chi connectivity index (χ1) is 12.7. The van der Waals surface area contributed by atoms with E-state index in [-0.39, 0.29) is 25.0 Å². The third-order valence-corrected chi connectivity index (χ3v) is 4.67. The molecular weight excluding hydrogens is 364 g/mol. The van der Waals surface area contributed by atoms with Gasteiger partial charge in [0.05, 0.1) is 6.54 Å². The second-order valence-electron chi connectivity index (χ2n) is 6.70. The molecule has 0 bridgehead atoms. The average molecular weight is 389 g/mol. The molecule has 0 fully saturated rings. The van der Waals surface area contributed by atoms with Crippen molar-refractivity contribution >= 4 is 29.1 Å². The third kappa shape index (κ3) is 5.47. The van der Waals surface area contributed by atoms with Crippen LogP contribution < -0.4 is 10.1 Å². The molecule has 0 aromatic heterocycles. The van der Waals surface area contributed by atoms with E-state index in [0.717, 1.165) is 27.9 Å². The van der Waals surface area contributed by atoms with E-state index >= 15 is 0 Å². The van der Waals surface area contributed by atoms with E-state index in [0.29, 0.717) is 10.8 Å². The molecule has 0 radical (unpaired) electrons. The fourth-order valence-electron chi connectivity index (χ4n) is 2.75. The number of carbonyl (C=O) groups is 2. The Balaban J connectivity index is 1.92. The molecule has 0 aliphatic carbocycles. The van der Waals surface area contributed by atoms with E-state index in [4.69, 9.17) is 16.3 Å². The van der Waals surface area contributed by atoms with E-state index in [1.165, 1.54) is 4.90 Å². The number of hydrogen-bond acceptors (Lipinski definition) is 3. The van der Waals surface area contributed by atoms with Crippen molar-refractivity contribution in [3.63, 3.8) is 0 Å². The van der Waals surface area contributed by atoms with Gasteiger partial charge in [0.2, 0.25) is 5.91 Å². The fourth-order valence-corrected chi connectivity index (χ4v) is 3.08. The summed E-state index contributed by atoms with van der Waals surface area (Å²) >= 11 is 6.00. The highest BCUT2D eigenvalue weighted by Crippen LogP contribution is 2.27. The largest absolute Gasteiger partial charge is 0.483 e. The summed E-state index contributed by atoms with van der Waals surface area (Å²) in [5, 5.41) is 3.48. The van der Waals surface area contributed by atoms with Crippen LogP contribution in [0.2, 0.25) is 5.02 Å². The van der Waals surface area contributed by atoms with Crippen molar-refractivity contribution < 1.29 is 14.3 Å². The summed E-state index contributed by atoms with van der Waals surface area (Å²) in [6, 6.07) is 9.29. The predicted octanol–water partition coefficient (Wildman–Crippen LogP) is 4.05. The lowest BCUT2D eigenvalue weighted by atomic mass is 10.1. The van der Waals surface area contributed by atoms with Gasteiger partial charge in [-0.25, -0.2) is 0 Å². The van der Waals surface area contributed by atoms with Gasteiger partial charge in [0, 0.05) is 17.8 Å². The highest BCUT2D eigenvalue weighted by Gasteiger charge is 2.16. The van der Waals surface area contributed by atoms with Crippen LogP contribution in [0.4, 0.5) is 5.69 Å². The number of ether oxygens (including phenoxy) is 1. The van der Waals surface area contributed by atoms with Gasteiger partial charge in [-0.15, -0.1) is 0 Å². The third-order valence-electron chi connectivity index (χ3n) is 4.45. The minimum atomic E-state index is -0.278. The molecule has 0 spiro atoms. The summed E-state index contributed by atoms with van der Waals surface area (Å²) in [5.41, 5.74) is 4.59. The van der Waals surface area contributed by atoms with E-state index in [2.05, 4.69) is 5.32 Å². The second-order valence-corrected chi connectivity index (χ2v) is 7.14. The van der Waals surface area contributed by atoms with E-state index in [1.807, 2.05) is 45.9 Å². The van der Waals surface area contributed by atoms with Gasteiger partial charge in [0.15, 0.2) is 6.61 Å². The van der Waals surface area contributed by atoms with Gasteiger partial charge in [-0.05, 0) is 68.1 Å². The Labute approximate surface area is 165 Å². The molecule has 2 amide bonds. The number of rotatable bonds is 6. The Morgan fingerprint density at radius 1 is 1.07 bits per heavy atom. The van der Waals surface area contributed by atoms with Crippen LogP contribution in [-0.2, 0) is 9.59 Å². The number of amides is 2. The molecule has 144 valence electrons. The Kier molecular flexibility index (Phi) is 6.86. The molecule has 0 saturated heterocycles. The number of likely N-dealkylation sites (N-methyl/N-ethyl adjacent to an activating group) is 1. The van der Waals surface area contributed by atoms with Crippen molar-refractivity contribution in [3.05, 3.63) is 57.6 Å². The van der Waals surface area contributed by atoms with Crippen molar-refractivity contribution in [1.82, 2.24) is 4.90 Å². The van der Waals surface area contributed by atoms with E-state index < -0.39 is 0 Å². The zero-order chi connectivity index (χ0) is 20.1. The van der Waals surface area contributed by atoms with Crippen molar-refractivity contribution in [1.29, 1.82) is 0 Å². The first-order valence-corrected chi connectivity index (χ1v) is 9.06. The summed E-state index contributed by atoms with van der Waals surface area (Å²) in [7, 11) is 1.58. The smallest absolute Gasteiger partial charge is 0.260 e. The van der Waals surface area contributed by atoms with Crippen LogP contribution in [0.1, 0.15) is 22.3 Å². The molecular formula is C21H25ClN2O3. The fraction of sp³-hybridized carbons (Fsp3) is 0.333. The standard InChI is InChI=1S/C21H25ClN2O3/c1-13-7-6-8-18(16(13)4)23-19(25)11-24(5)20(26)12-27-21-14(2)9-17(22)10-15(21)3/h6-10H,11-12H2,1-5H3,(H,23,25). The lowest BCUT2D eigenvalue weighted by Gasteiger charge is -2.19. The molecule has 0 saturated carbocycles. The van der Waals surface area contributed by atoms with Crippen LogP contribution in [0.5, 0.6) is 5.75 Å². The predicted molar refractivity (Wildman–Crippen MR) is 109 cm³/mol. The Bertz CT molecular complexity index is 841. The van der Waals surface area contributed by atoms with Crippen LogP contribution in [0.25, 0.3) is 0 Å². The lowest BCUT2D eigenvalue weighted by molar-refractivity contribution is -0.135. The summed E-state index contributed by atoms with van der Waals surface area (Å²) in [4.78, 5) is 25.9. The molecule has 2 rings (SSSR count). The number of carbonyl (C=O) groups excluding carboxylic acids is 2. The van der Waals surface area contributed by atoms with Gasteiger partial charge in [-0.1, -0.05) is 23.7 Å². The van der Waals surface area contributed by atoms with E-state index in [9.17, 15) is 9.59 Å². The number of nitrogens with one attached hydrogen (secondary N) is 1. The zero-order valence-electron chi connectivity index (χ0n) is 16.4. The highest BCUT2D eigenvalue weighted by atomic mass is 35.5. The maximum atomic E-state index is 12.3. The molecule has 0 aliphatic heterocycles. The molecule has 0 unspecified atom stereocenters. The molecule has 0 atom stereocenters. The SMILES string of the molecule is Cc1cccc(NC(=O)CN(C)C(=O)COc2c(C)cc(Cl)cc2C)c1C. The molecule has 2 aromatic rings. The zero-order valence-corrected chi connectivity index (χ0v) is 17.1. The maximum absolute atomic E-state index is 12.3. The monoisotopic (exact) mass is 388 g/mol.